The van der Waals surface area contributed by atoms with Crippen LogP contribution in [0.25, 0.3) is 0 Å². The number of primary amides is 1. The Morgan fingerprint density at radius 1 is 1.39 bits per heavy atom. The Morgan fingerprint density at radius 3 is 2.56 bits per heavy atom. The summed E-state index contributed by atoms with van der Waals surface area (Å²) in [4.78, 5) is 12.2. The van der Waals surface area contributed by atoms with Crippen molar-refractivity contribution in [3.63, 3.8) is 0 Å². The molecule has 0 aliphatic rings. The summed E-state index contributed by atoms with van der Waals surface area (Å²) >= 11 is 0. The first-order chi connectivity index (χ1) is 8.51. The van der Waals surface area contributed by atoms with E-state index in [0.717, 1.165) is 10.5 Å². The lowest BCUT2D eigenvalue weighted by molar-refractivity contribution is -0.908. The van der Waals surface area contributed by atoms with E-state index in [4.69, 9.17) is 15.2 Å². The summed E-state index contributed by atoms with van der Waals surface area (Å²) in [6, 6.07) is 5.45. The van der Waals surface area contributed by atoms with Gasteiger partial charge in [0.2, 0.25) is 0 Å². The van der Waals surface area contributed by atoms with Crippen LogP contribution < -0.4 is 20.1 Å². The maximum absolute atomic E-state index is 11.2. The van der Waals surface area contributed by atoms with Gasteiger partial charge < -0.3 is 20.1 Å². The minimum absolute atomic E-state index is 0.249. The van der Waals surface area contributed by atoms with Crippen LogP contribution in [0, 0.1) is 0 Å². The molecule has 0 spiro atoms. The highest BCUT2D eigenvalue weighted by molar-refractivity contribution is 5.77. The van der Waals surface area contributed by atoms with Gasteiger partial charge in [-0.3, -0.25) is 4.79 Å². The molecule has 0 radical (unpaired) electrons. The minimum Gasteiger partial charge on any atom is -0.493 e. The van der Waals surface area contributed by atoms with Crippen LogP contribution >= 0.6 is 0 Å². The van der Waals surface area contributed by atoms with E-state index in [9.17, 15) is 4.79 Å². The Morgan fingerprint density at radius 2 is 2.06 bits per heavy atom. The number of hydrogen-bond donors (Lipinski definition) is 2. The number of amides is 1. The van der Waals surface area contributed by atoms with Gasteiger partial charge in [-0.25, -0.2) is 0 Å². The van der Waals surface area contributed by atoms with E-state index >= 15 is 0 Å². The molecular formula is C13H21N2O3+. The number of para-hydroxylation sites is 1. The summed E-state index contributed by atoms with van der Waals surface area (Å²) in [7, 11) is 5.13. The smallest absolute Gasteiger partial charge is 0.275 e. The van der Waals surface area contributed by atoms with Crippen molar-refractivity contribution in [3.8, 4) is 11.5 Å². The molecule has 1 aromatic rings. The maximum Gasteiger partial charge on any atom is 0.275 e. The number of carbonyl (C=O) groups is 1. The molecule has 0 aromatic heterocycles. The number of likely N-dealkylation sites (N-methyl/N-ethyl adjacent to an activating group) is 1. The molecule has 2 atom stereocenters. The van der Waals surface area contributed by atoms with Crippen molar-refractivity contribution in [2.45, 2.75) is 19.5 Å². The van der Waals surface area contributed by atoms with Crippen LogP contribution in [0.5, 0.6) is 11.5 Å². The van der Waals surface area contributed by atoms with Crippen LogP contribution in [0.1, 0.15) is 12.5 Å². The van der Waals surface area contributed by atoms with Crippen molar-refractivity contribution in [3.05, 3.63) is 23.8 Å². The Bertz CT molecular complexity index is 421. The molecule has 0 aliphatic carbocycles. The zero-order chi connectivity index (χ0) is 13.7. The first-order valence-corrected chi connectivity index (χ1v) is 5.82. The average molecular weight is 253 g/mol. The van der Waals surface area contributed by atoms with Gasteiger partial charge in [0.25, 0.3) is 5.91 Å². The lowest BCUT2D eigenvalue weighted by atomic mass is 10.1. The molecule has 1 rings (SSSR count). The highest BCUT2D eigenvalue weighted by Crippen LogP contribution is 2.29. The van der Waals surface area contributed by atoms with E-state index in [-0.39, 0.29) is 11.9 Å². The second-order valence-corrected chi connectivity index (χ2v) is 4.30. The molecule has 3 N–H and O–H groups in total. The molecule has 0 fully saturated rings. The first kappa shape index (κ1) is 14.3. The van der Waals surface area contributed by atoms with Crippen LogP contribution in [-0.4, -0.2) is 33.2 Å². The van der Waals surface area contributed by atoms with Crippen molar-refractivity contribution in [2.75, 3.05) is 21.3 Å². The third-order valence-electron chi connectivity index (χ3n) is 3.12. The van der Waals surface area contributed by atoms with Crippen LogP contribution in [0.15, 0.2) is 18.2 Å². The molecule has 0 saturated carbocycles. The topological polar surface area (TPSA) is 66.0 Å². The molecule has 18 heavy (non-hydrogen) atoms. The Hall–Kier alpha value is -1.75. The van der Waals surface area contributed by atoms with E-state index in [1.807, 2.05) is 32.2 Å². The SMILES string of the molecule is COc1cccc(C[NH+](C)[C@H](C)C(N)=O)c1OC. The van der Waals surface area contributed by atoms with Crippen molar-refractivity contribution >= 4 is 5.91 Å². The molecule has 0 aliphatic heterocycles. The lowest BCUT2D eigenvalue weighted by Crippen LogP contribution is -3.12. The number of hydrogen-bond acceptors (Lipinski definition) is 3. The van der Waals surface area contributed by atoms with E-state index in [1.54, 1.807) is 14.2 Å². The normalized spacial score (nSPS) is 13.8. The first-order valence-electron chi connectivity index (χ1n) is 5.82. The minimum atomic E-state index is -0.311. The maximum atomic E-state index is 11.2. The zero-order valence-electron chi connectivity index (χ0n) is 11.3. The fourth-order valence-corrected chi connectivity index (χ4v) is 1.79. The quantitative estimate of drug-likeness (QED) is 0.724. The number of carbonyl (C=O) groups excluding carboxylic acids is 1. The Labute approximate surface area is 107 Å². The van der Waals surface area contributed by atoms with Gasteiger partial charge in [-0.15, -0.1) is 0 Å². The summed E-state index contributed by atoms with van der Waals surface area (Å²) in [5, 5.41) is 0. The number of nitrogens with one attached hydrogen (secondary N) is 1. The van der Waals surface area contributed by atoms with Gasteiger partial charge in [0, 0.05) is 0 Å². The van der Waals surface area contributed by atoms with Crippen molar-refractivity contribution in [1.29, 1.82) is 0 Å². The molecular weight excluding hydrogens is 232 g/mol. The molecule has 1 amide bonds. The van der Waals surface area contributed by atoms with Gasteiger partial charge in [-0.05, 0) is 19.1 Å². The third-order valence-corrected chi connectivity index (χ3v) is 3.12. The highest BCUT2D eigenvalue weighted by Gasteiger charge is 2.21. The predicted octanol–water partition coefficient (Wildman–Crippen LogP) is -0.408. The standard InChI is InChI=1S/C13H20N2O3/c1-9(13(14)16)15(2)8-10-6-5-7-11(17-3)12(10)18-4/h5-7,9H,8H2,1-4H3,(H2,14,16)/p+1/t9-/m1/s1. The number of methoxy groups -OCH3 is 2. The second-order valence-electron chi connectivity index (χ2n) is 4.30. The fraction of sp³-hybridized carbons (Fsp3) is 0.462. The summed E-state index contributed by atoms with van der Waals surface area (Å²) in [5.74, 6) is 1.08. The van der Waals surface area contributed by atoms with Gasteiger partial charge in [0.15, 0.2) is 17.5 Å². The van der Waals surface area contributed by atoms with E-state index in [0.29, 0.717) is 18.0 Å². The third kappa shape index (κ3) is 3.13. The van der Waals surface area contributed by atoms with Gasteiger partial charge in [0.05, 0.1) is 26.8 Å². The molecule has 5 nitrogen and oxygen atoms in total. The van der Waals surface area contributed by atoms with E-state index in [1.165, 1.54) is 0 Å². The average Bonchev–Trinajstić information content (AvgIpc) is 2.37. The summed E-state index contributed by atoms with van der Waals surface area (Å²) in [6.45, 7) is 2.45. The van der Waals surface area contributed by atoms with Crippen molar-refractivity contribution in [1.82, 2.24) is 0 Å². The Kier molecular flexibility index (Phi) is 4.97. The van der Waals surface area contributed by atoms with E-state index < -0.39 is 0 Å². The highest BCUT2D eigenvalue weighted by atomic mass is 16.5. The lowest BCUT2D eigenvalue weighted by Gasteiger charge is -2.20. The molecule has 0 heterocycles. The summed E-state index contributed by atoms with van der Waals surface area (Å²) < 4.78 is 10.6. The van der Waals surface area contributed by atoms with Gasteiger partial charge >= 0.3 is 0 Å². The van der Waals surface area contributed by atoms with Crippen LogP contribution in [-0.2, 0) is 11.3 Å². The van der Waals surface area contributed by atoms with Crippen LogP contribution in [0.4, 0.5) is 0 Å². The van der Waals surface area contributed by atoms with Crippen molar-refractivity contribution < 1.29 is 19.2 Å². The monoisotopic (exact) mass is 253 g/mol. The molecule has 5 heteroatoms. The van der Waals surface area contributed by atoms with Gasteiger partial charge in [-0.1, -0.05) is 6.07 Å². The Balaban J connectivity index is 2.93. The van der Waals surface area contributed by atoms with Crippen molar-refractivity contribution in [2.24, 2.45) is 5.73 Å². The van der Waals surface area contributed by atoms with E-state index in [2.05, 4.69) is 0 Å². The molecule has 0 saturated heterocycles. The molecule has 100 valence electrons. The van der Waals surface area contributed by atoms with Crippen LogP contribution in [0.3, 0.4) is 0 Å². The number of quaternary nitrogens is 1. The number of benzene rings is 1. The second kappa shape index (κ2) is 6.26. The number of ether oxygens (including phenoxy) is 2. The molecule has 1 unspecified atom stereocenters. The largest absolute Gasteiger partial charge is 0.493 e. The molecule has 1 aromatic carbocycles. The summed E-state index contributed by atoms with van der Waals surface area (Å²) in [6.07, 6.45) is 0. The fourth-order valence-electron chi connectivity index (χ4n) is 1.79. The van der Waals surface area contributed by atoms with Gasteiger partial charge in [0.1, 0.15) is 6.54 Å². The zero-order valence-corrected chi connectivity index (χ0v) is 11.3. The van der Waals surface area contributed by atoms with Gasteiger partial charge in [-0.2, -0.15) is 0 Å². The summed E-state index contributed by atoms with van der Waals surface area (Å²) in [5.41, 5.74) is 6.29. The number of nitrogens with two attached hydrogens (primary N) is 1. The van der Waals surface area contributed by atoms with Crippen LogP contribution in [0.2, 0.25) is 0 Å². The number of rotatable bonds is 6. The predicted molar refractivity (Wildman–Crippen MR) is 68.8 cm³/mol. The molecule has 0 bridgehead atoms.